The minimum atomic E-state index is -0.666. The predicted molar refractivity (Wildman–Crippen MR) is 66.9 cm³/mol. The normalized spacial score (nSPS) is 13.1. The Bertz CT molecular complexity index is 481. The van der Waals surface area contributed by atoms with Gasteiger partial charge in [-0.05, 0) is 19.9 Å². The van der Waals surface area contributed by atoms with Gasteiger partial charge >= 0.3 is 0 Å². The maximum atomic E-state index is 13.4. The van der Waals surface area contributed by atoms with Gasteiger partial charge in [0.15, 0.2) is 0 Å². The van der Waals surface area contributed by atoms with E-state index in [1.54, 1.807) is 25.2 Å². The fourth-order valence-electron chi connectivity index (χ4n) is 1.45. The second-order valence-electron chi connectivity index (χ2n) is 3.78. The zero-order valence-electron chi connectivity index (χ0n) is 10.3. The molecular formula is C14H15F2NO. The van der Waals surface area contributed by atoms with Gasteiger partial charge < -0.3 is 5.32 Å². The Morgan fingerprint density at radius 1 is 1.33 bits per heavy atom. The molecule has 0 saturated carbocycles. The summed E-state index contributed by atoms with van der Waals surface area (Å²) in [6.45, 7) is 3.47. The molecule has 1 unspecified atom stereocenters. The molecule has 1 aromatic rings. The summed E-state index contributed by atoms with van der Waals surface area (Å²) < 4.78 is 26.2. The average Bonchev–Trinajstić information content (AvgIpc) is 2.28. The van der Waals surface area contributed by atoms with Crippen LogP contribution in [0.4, 0.5) is 8.78 Å². The minimum Gasteiger partial charge on any atom is -0.346 e. The molecule has 1 atom stereocenters. The zero-order chi connectivity index (χ0) is 13.5. The number of rotatable bonds is 4. The van der Waals surface area contributed by atoms with Crippen LogP contribution in [0.3, 0.4) is 0 Å². The Labute approximate surface area is 105 Å². The second kappa shape index (κ2) is 6.69. The van der Waals surface area contributed by atoms with Crippen LogP contribution >= 0.6 is 0 Å². The molecule has 0 bridgehead atoms. The number of benzene rings is 1. The first-order valence-corrected chi connectivity index (χ1v) is 5.59. The summed E-state index contributed by atoms with van der Waals surface area (Å²) in [5.41, 5.74) is 0.254. The molecule has 0 aromatic heterocycles. The molecule has 1 amide bonds. The third kappa shape index (κ3) is 4.13. The quantitative estimate of drug-likeness (QED) is 0.645. The summed E-state index contributed by atoms with van der Waals surface area (Å²) in [7, 11) is 0. The fourth-order valence-corrected chi connectivity index (χ4v) is 1.45. The second-order valence-corrected chi connectivity index (χ2v) is 3.78. The SMILES string of the molecule is C/C=C/C=C/C(=O)NC(C)c1ccc(F)cc1F. The van der Waals surface area contributed by atoms with Crippen LogP contribution in [0.25, 0.3) is 0 Å². The van der Waals surface area contributed by atoms with Crippen molar-refractivity contribution in [2.75, 3.05) is 0 Å². The van der Waals surface area contributed by atoms with Crippen molar-refractivity contribution in [1.29, 1.82) is 0 Å². The smallest absolute Gasteiger partial charge is 0.244 e. The van der Waals surface area contributed by atoms with Crippen LogP contribution in [0, 0.1) is 11.6 Å². The first kappa shape index (κ1) is 14.1. The molecule has 0 aliphatic carbocycles. The minimum absolute atomic E-state index is 0.254. The van der Waals surface area contributed by atoms with E-state index in [-0.39, 0.29) is 11.5 Å². The van der Waals surface area contributed by atoms with Crippen molar-refractivity contribution in [3.05, 3.63) is 59.7 Å². The van der Waals surface area contributed by atoms with Crippen LogP contribution in [-0.2, 0) is 4.79 Å². The van der Waals surface area contributed by atoms with Gasteiger partial charge in [0.25, 0.3) is 0 Å². The summed E-state index contributed by atoms with van der Waals surface area (Å²) in [6.07, 6.45) is 6.43. The van der Waals surface area contributed by atoms with Crippen molar-refractivity contribution < 1.29 is 13.6 Å². The van der Waals surface area contributed by atoms with Crippen LogP contribution < -0.4 is 5.32 Å². The highest BCUT2D eigenvalue weighted by molar-refractivity contribution is 5.88. The van der Waals surface area contributed by atoms with Crippen molar-refractivity contribution in [3.8, 4) is 0 Å². The Balaban J connectivity index is 2.70. The van der Waals surface area contributed by atoms with Gasteiger partial charge in [0, 0.05) is 17.7 Å². The summed E-state index contributed by atoms with van der Waals surface area (Å²) in [5, 5.41) is 2.59. The number of amides is 1. The van der Waals surface area contributed by atoms with E-state index in [0.29, 0.717) is 0 Å². The van der Waals surface area contributed by atoms with E-state index in [2.05, 4.69) is 5.32 Å². The van der Waals surface area contributed by atoms with Crippen molar-refractivity contribution in [2.24, 2.45) is 0 Å². The van der Waals surface area contributed by atoms with Gasteiger partial charge in [-0.15, -0.1) is 0 Å². The average molecular weight is 251 g/mol. The lowest BCUT2D eigenvalue weighted by atomic mass is 10.1. The van der Waals surface area contributed by atoms with E-state index >= 15 is 0 Å². The van der Waals surface area contributed by atoms with Gasteiger partial charge in [-0.25, -0.2) is 8.78 Å². The molecule has 0 aliphatic heterocycles. The first-order chi connectivity index (χ1) is 8.54. The molecule has 1 N–H and O–H groups in total. The Morgan fingerprint density at radius 3 is 2.67 bits per heavy atom. The highest BCUT2D eigenvalue weighted by Gasteiger charge is 2.12. The van der Waals surface area contributed by atoms with Crippen molar-refractivity contribution in [1.82, 2.24) is 5.32 Å². The van der Waals surface area contributed by atoms with Gasteiger partial charge in [-0.2, -0.15) is 0 Å². The zero-order valence-corrected chi connectivity index (χ0v) is 10.3. The standard InChI is InChI=1S/C14H15F2NO/c1-3-4-5-6-14(18)17-10(2)12-8-7-11(15)9-13(12)16/h3-10H,1-2H3,(H,17,18)/b4-3+,6-5+. The number of carbonyl (C=O) groups is 1. The molecule has 1 aromatic carbocycles. The molecule has 0 fully saturated rings. The molecular weight excluding hydrogens is 236 g/mol. The number of nitrogens with one attached hydrogen (secondary N) is 1. The predicted octanol–water partition coefficient (Wildman–Crippen LogP) is 3.27. The molecule has 4 heteroatoms. The fraction of sp³-hybridized carbons (Fsp3) is 0.214. The molecule has 0 spiro atoms. The van der Waals surface area contributed by atoms with E-state index in [0.717, 1.165) is 12.1 Å². The highest BCUT2D eigenvalue weighted by atomic mass is 19.1. The van der Waals surface area contributed by atoms with Crippen LogP contribution in [-0.4, -0.2) is 5.91 Å². The summed E-state index contributed by atoms with van der Waals surface area (Å²) >= 11 is 0. The Kier molecular flexibility index (Phi) is 5.24. The molecule has 0 aliphatic rings. The van der Waals surface area contributed by atoms with Crippen LogP contribution in [0.1, 0.15) is 25.5 Å². The lowest BCUT2D eigenvalue weighted by molar-refractivity contribution is -0.117. The maximum Gasteiger partial charge on any atom is 0.244 e. The van der Waals surface area contributed by atoms with Gasteiger partial charge in [-0.1, -0.05) is 24.3 Å². The van der Waals surface area contributed by atoms with Crippen LogP contribution in [0.5, 0.6) is 0 Å². The van der Waals surface area contributed by atoms with Crippen LogP contribution in [0.2, 0.25) is 0 Å². The van der Waals surface area contributed by atoms with E-state index < -0.39 is 17.7 Å². The number of allylic oxidation sites excluding steroid dienone is 3. The number of hydrogen-bond acceptors (Lipinski definition) is 1. The van der Waals surface area contributed by atoms with Crippen LogP contribution in [0.15, 0.2) is 42.5 Å². The molecule has 0 heterocycles. The topological polar surface area (TPSA) is 29.1 Å². The van der Waals surface area contributed by atoms with Gasteiger partial charge in [0.05, 0.1) is 6.04 Å². The van der Waals surface area contributed by atoms with Crippen molar-refractivity contribution in [3.63, 3.8) is 0 Å². The maximum absolute atomic E-state index is 13.4. The molecule has 0 radical (unpaired) electrons. The largest absolute Gasteiger partial charge is 0.346 e. The monoisotopic (exact) mass is 251 g/mol. The first-order valence-electron chi connectivity index (χ1n) is 5.59. The van der Waals surface area contributed by atoms with E-state index in [1.165, 1.54) is 12.1 Å². The lowest BCUT2D eigenvalue weighted by Crippen LogP contribution is -2.25. The van der Waals surface area contributed by atoms with E-state index in [9.17, 15) is 13.6 Å². The molecule has 1 rings (SSSR count). The van der Waals surface area contributed by atoms with E-state index in [1.807, 2.05) is 6.92 Å². The summed E-state index contributed by atoms with van der Waals surface area (Å²) in [6, 6.07) is 2.77. The molecule has 18 heavy (non-hydrogen) atoms. The Hall–Kier alpha value is -1.97. The third-order valence-corrected chi connectivity index (χ3v) is 2.34. The summed E-state index contributed by atoms with van der Waals surface area (Å²) in [5.74, 6) is -1.63. The van der Waals surface area contributed by atoms with Gasteiger partial charge in [0.1, 0.15) is 11.6 Å². The molecule has 0 saturated heterocycles. The van der Waals surface area contributed by atoms with E-state index in [4.69, 9.17) is 0 Å². The Morgan fingerprint density at radius 2 is 2.06 bits per heavy atom. The lowest BCUT2D eigenvalue weighted by Gasteiger charge is -2.13. The third-order valence-electron chi connectivity index (χ3n) is 2.34. The number of carbonyl (C=O) groups excluding carboxylic acids is 1. The summed E-state index contributed by atoms with van der Waals surface area (Å²) in [4.78, 5) is 11.5. The highest BCUT2D eigenvalue weighted by Crippen LogP contribution is 2.17. The molecule has 2 nitrogen and oxygen atoms in total. The van der Waals surface area contributed by atoms with Gasteiger partial charge in [0.2, 0.25) is 5.91 Å². The number of halogens is 2. The molecule has 96 valence electrons. The van der Waals surface area contributed by atoms with Crippen molar-refractivity contribution >= 4 is 5.91 Å². The number of hydrogen-bond donors (Lipinski definition) is 1. The van der Waals surface area contributed by atoms with Crippen molar-refractivity contribution in [2.45, 2.75) is 19.9 Å². The van der Waals surface area contributed by atoms with Gasteiger partial charge in [-0.3, -0.25) is 4.79 Å².